The molecule has 1 fully saturated rings. The number of nitro groups is 2. The molecule has 19 nitrogen and oxygen atoms in total. The maximum atomic E-state index is 15.3. The molecule has 2 aliphatic heterocycles. The van der Waals surface area contributed by atoms with Crippen molar-refractivity contribution in [3.05, 3.63) is 176 Å². The molecule has 75 heavy (non-hydrogen) atoms. The zero-order chi connectivity index (χ0) is 52.5. The normalized spacial score (nSPS) is 21.5. The van der Waals surface area contributed by atoms with Gasteiger partial charge in [0.05, 0.1) is 33.8 Å². The number of hydrogen-bond acceptors (Lipinski definition) is 16. The zero-order valence-electron chi connectivity index (χ0n) is 41.5. The van der Waals surface area contributed by atoms with Crippen molar-refractivity contribution in [2.45, 2.75) is 89.4 Å². The number of amides is 1. The molecule has 3 heterocycles. The zero-order valence-corrected chi connectivity index (χ0v) is 41.5. The number of unbranched alkanes of at least 4 members (excludes halogenated alkanes) is 2. The molecule has 0 bridgehead atoms. The number of carbonyl (C=O) groups excluding carboxylic acids is 1. The second-order valence-corrected chi connectivity index (χ2v) is 19.0. The molecule has 0 spiro atoms. The first kappa shape index (κ1) is 52.0. The van der Waals surface area contributed by atoms with Crippen LogP contribution in [0.3, 0.4) is 0 Å². The Morgan fingerprint density at radius 2 is 1.55 bits per heavy atom. The first-order valence-corrected chi connectivity index (χ1v) is 25.1. The molecule has 0 radical (unpaired) electrons. The largest absolute Gasteiger partial charge is 0.487 e. The highest BCUT2D eigenvalue weighted by atomic mass is 16.7. The Kier molecular flexibility index (Phi) is 16.3. The standard InChI is InChI=1S/C56H59N5O14/c1-3-27-72-56-52(59(32-38-15-23-50-51(28-38)71-35-70-50)55(64)74-43-20-18-42(19-21-43)61(67)68)31-48(58-73-33-37-13-16-41(17-14-37)60(65)66)46-29-39(10-4-6-25-62)45(12-5-7-26-63)53(54(46)56)47-30-44(22-24-49(47)75-56)69-34-40-11-8-9-36(2)57-40/h3,8-9,11,13-24,28-30,39,45,52-54,62-63H,1,4-7,10,12,25-27,31-35H2,2H3. The van der Waals surface area contributed by atoms with Crippen LogP contribution in [0.15, 0.2) is 133 Å². The van der Waals surface area contributed by atoms with Gasteiger partial charge in [0.25, 0.3) is 11.4 Å². The van der Waals surface area contributed by atoms with Crippen LogP contribution in [-0.4, -0.2) is 80.2 Å². The number of allylic oxidation sites excluding steroid dienone is 1. The van der Waals surface area contributed by atoms with E-state index >= 15 is 4.79 Å². The fourth-order valence-electron chi connectivity index (χ4n) is 10.8. The minimum Gasteiger partial charge on any atom is -0.487 e. The maximum absolute atomic E-state index is 15.3. The number of aliphatic hydroxyl groups excluding tert-OH is 2. The number of ether oxygens (including phenoxy) is 6. The second kappa shape index (κ2) is 23.6. The van der Waals surface area contributed by atoms with Gasteiger partial charge in [0.1, 0.15) is 36.5 Å². The van der Waals surface area contributed by atoms with Crippen molar-refractivity contribution in [2.75, 3.05) is 26.6 Å². The minimum atomic E-state index is -1.70. The Balaban J connectivity index is 1.23. The molecular formula is C56H59N5O14. The van der Waals surface area contributed by atoms with Gasteiger partial charge in [-0.25, -0.2) is 4.79 Å². The Bertz CT molecular complexity index is 2930. The summed E-state index contributed by atoms with van der Waals surface area (Å²) in [6.45, 7) is 6.06. The average Bonchev–Trinajstić information content (AvgIpc) is 3.99. The van der Waals surface area contributed by atoms with Crippen molar-refractivity contribution in [3.8, 4) is 28.7 Å². The summed E-state index contributed by atoms with van der Waals surface area (Å²) in [5.41, 5.74) is 4.70. The van der Waals surface area contributed by atoms with Gasteiger partial charge in [-0.15, -0.1) is 6.58 Å². The van der Waals surface area contributed by atoms with Crippen LogP contribution in [-0.2, 0) is 29.3 Å². The molecule has 19 heteroatoms. The average molecular weight is 1030 g/mol. The number of benzene rings is 4. The third kappa shape index (κ3) is 11.6. The molecule has 4 aromatic carbocycles. The maximum Gasteiger partial charge on any atom is 0.416 e. The number of rotatable bonds is 23. The molecule has 1 amide bonds. The van der Waals surface area contributed by atoms with E-state index in [1.165, 1.54) is 41.3 Å². The molecule has 6 unspecified atom stereocenters. The van der Waals surface area contributed by atoms with Crippen LogP contribution in [0.2, 0.25) is 0 Å². The molecule has 9 rings (SSSR count). The van der Waals surface area contributed by atoms with Crippen LogP contribution < -0.4 is 23.7 Å². The van der Waals surface area contributed by atoms with Crippen molar-refractivity contribution >= 4 is 23.2 Å². The summed E-state index contributed by atoms with van der Waals surface area (Å²) in [6.07, 6.45) is 6.94. The lowest BCUT2D eigenvalue weighted by molar-refractivity contribution is -0.385. The summed E-state index contributed by atoms with van der Waals surface area (Å²) in [4.78, 5) is 49.8. The van der Waals surface area contributed by atoms with Gasteiger partial charge in [-0.2, -0.15) is 0 Å². The lowest BCUT2D eigenvalue weighted by atomic mass is 9.55. The topological polar surface area (TPSA) is 237 Å². The lowest BCUT2D eigenvalue weighted by Gasteiger charge is -2.59. The predicted molar refractivity (Wildman–Crippen MR) is 273 cm³/mol. The van der Waals surface area contributed by atoms with Gasteiger partial charge in [-0.3, -0.25) is 30.1 Å². The first-order valence-electron chi connectivity index (χ1n) is 25.1. The third-order valence-corrected chi connectivity index (χ3v) is 14.2. The summed E-state index contributed by atoms with van der Waals surface area (Å²) in [5, 5.41) is 48.2. The summed E-state index contributed by atoms with van der Waals surface area (Å²) >= 11 is 0. The molecule has 2 N–H and O–H groups in total. The van der Waals surface area contributed by atoms with Gasteiger partial charge >= 0.3 is 6.09 Å². The number of fused-ring (bicyclic) bond motifs is 3. The molecule has 6 atom stereocenters. The van der Waals surface area contributed by atoms with E-state index in [0.717, 1.165) is 28.9 Å². The molecule has 4 aliphatic rings. The number of aromatic nitrogens is 1. The van der Waals surface area contributed by atoms with E-state index in [0.29, 0.717) is 71.9 Å². The molecule has 2 aliphatic carbocycles. The Hall–Kier alpha value is -7.87. The molecule has 5 aromatic rings. The number of hydrogen-bond donors (Lipinski definition) is 2. The van der Waals surface area contributed by atoms with Crippen LogP contribution in [0.5, 0.6) is 28.7 Å². The fraction of sp³-hybridized carbons (Fsp3) is 0.375. The Morgan fingerprint density at radius 3 is 2.27 bits per heavy atom. The van der Waals surface area contributed by atoms with E-state index in [2.05, 4.69) is 17.6 Å². The highest BCUT2D eigenvalue weighted by Crippen LogP contribution is 2.62. The van der Waals surface area contributed by atoms with Gasteiger partial charge in [-0.1, -0.05) is 42.3 Å². The molecule has 0 saturated heterocycles. The fourth-order valence-corrected chi connectivity index (χ4v) is 10.8. The molecule has 1 aromatic heterocycles. The highest BCUT2D eigenvalue weighted by molar-refractivity contribution is 6.03. The molecular weight excluding hydrogens is 967 g/mol. The highest BCUT2D eigenvalue weighted by Gasteiger charge is 2.66. The molecule has 1 saturated carbocycles. The quantitative estimate of drug-likeness (QED) is 0.0268. The van der Waals surface area contributed by atoms with Crippen LogP contribution in [0.4, 0.5) is 16.2 Å². The number of aliphatic hydroxyl groups is 2. The summed E-state index contributed by atoms with van der Waals surface area (Å²) < 4.78 is 38.6. The number of nitro benzene ring substituents is 2. The van der Waals surface area contributed by atoms with Gasteiger partial charge < -0.3 is 43.5 Å². The third-order valence-electron chi connectivity index (χ3n) is 14.2. The number of oxime groups is 1. The number of nitrogens with zero attached hydrogens (tertiary/aromatic N) is 5. The second-order valence-electron chi connectivity index (χ2n) is 19.0. The van der Waals surface area contributed by atoms with E-state index in [1.807, 2.05) is 49.4 Å². The van der Waals surface area contributed by atoms with Crippen molar-refractivity contribution in [2.24, 2.45) is 22.9 Å². The van der Waals surface area contributed by atoms with Gasteiger partial charge in [0.2, 0.25) is 12.6 Å². The monoisotopic (exact) mass is 1030 g/mol. The van der Waals surface area contributed by atoms with Crippen molar-refractivity contribution in [1.82, 2.24) is 9.88 Å². The SMILES string of the molecule is C=CCOC12Oc3ccc(OCc4cccc(C)n4)cc3C3C(CCCCO)C(CCCCO)C=C(C(=NOCc4ccc([N+](=O)[O-])cc4)CC1N(Cc1ccc4c(c1)OCO4)C(=O)Oc1ccc([N+](=O)[O-])cc1)C32. The number of aryl methyl sites for hydroxylation is 1. The van der Waals surface area contributed by atoms with Gasteiger partial charge in [-0.05, 0) is 128 Å². The van der Waals surface area contributed by atoms with Crippen molar-refractivity contribution in [3.63, 3.8) is 0 Å². The van der Waals surface area contributed by atoms with E-state index < -0.39 is 39.6 Å². The van der Waals surface area contributed by atoms with E-state index in [4.69, 9.17) is 38.4 Å². The Labute approximate surface area is 433 Å². The van der Waals surface area contributed by atoms with Gasteiger partial charge in [0, 0.05) is 67.6 Å². The van der Waals surface area contributed by atoms with Gasteiger partial charge in [0.15, 0.2) is 11.5 Å². The van der Waals surface area contributed by atoms with Crippen LogP contribution in [0, 0.1) is 44.9 Å². The summed E-state index contributed by atoms with van der Waals surface area (Å²) in [7, 11) is 0. The first-order chi connectivity index (χ1) is 36.5. The summed E-state index contributed by atoms with van der Waals surface area (Å²) in [6, 6.07) is 26.9. The Morgan fingerprint density at radius 1 is 0.853 bits per heavy atom. The van der Waals surface area contributed by atoms with E-state index in [1.54, 1.807) is 30.3 Å². The van der Waals surface area contributed by atoms with Crippen LogP contribution in [0.1, 0.15) is 78.9 Å². The van der Waals surface area contributed by atoms with Crippen molar-refractivity contribution in [1.29, 1.82) is 0 Å². The number of carbonyl (C=O) groups is 1. The van der Waals surface area contributed by atoms with E-state index in [9.17, 15) is 30.4 Å². The molecule has 392 valence electrons. The number of non-ortho nitro benzene ring substituents is 2. The van der Waals surface area contributed by atoms with Crippen LogP contribution in [0.25, 0.3) is 0 Å². The lowest BCUT2D eigenvalue weighted by Crippen LogP contribution is -2.70. The summed E-state index contributed by atoms with van der Waals surface area (Å²) in [5.74, 6) is -0.863. The van der Waals surface area contributed by atoms with Crippen LogP contribution >= 0.6 is 0 Å². The minimum absolute atomic E-state index is 0.00478. The van der Waals surface area contributed by atoms with E-state index in [-0.39, 0.29) is 81.8 Å². The predicted octanol–water partition coefficient (Wildman–Crippen LogP) is 10.0. The van der Waals surface area contributed by atoms with Crippen molar-refractivity contribution < 1.29 is 58.1 Å². The smallest absolute Gasteiger partial charge is 0.416 e. The number of pyridine rings is 1.